The smallest absolute Gasteiger partial charge is 0.264 e. The molecule has 2 aliphatic carbocycles. The molecule has 2 unspecified atom stereocenters. The Bertz CT molecular complexity index is 754. The van der Waals surface area contributed by atoms with Gasteiger partial charge in [-0.25, -0.2) is 0 Å². The number of nitrogens with one attached hydrogen (secondary N) is 1. The van der Waals surface area contributed by atoms with Crippen LogP contribution in [-0.2, 0) is 4.79 Å². The van der Waals surface area contributed by atoms with E-state index in [0.29, 0.717) is 18.6 Å². The van der Waals surface area contributed by atoms with Gasteiger partial charge >= 0.3 is 0 Å². The lowest BCUT2D eigenvalue weighted by atomic mass is 9.88. The van der Waals surface area contributed by atoms with E-state index in [9.17, 15) is 9.59 Å². The first-order valence-corrected chi connectivity index (χ1v) is 13.2. The molecule has 3 heterocycles. The molecule has 6 nitrogen and oxygen atoms in total. The average Bonchev–Trinajstić information content (AvgIpc) is 3.33. The average molecular weight is 445 g/mol. The van der Waals surface area contributed by atoms with Gasteiger partial charge in [0.25, 0.3) is 5.91 Å². The summed E-state index contributed by atoms with van der Waals surface area (Å²) in [5.74, 6) is 0.987. The lowest BCUT2D eigenvalue weighted by Gasteiger charge is -2.34. The zero-order valence-electron chi connectivity index (χ0n) is 18.5. The van der Waals surface area contributed by atoms with E-state index < -0.39 is 0 Å². The predicted octanol–water partition coefficient (Wildman–Crippen LogP) is 2.81. The summed E-state index contributed by atoms with van der Waals surface area (Å²) in [6.45, 7) is 5.03. The van der Waals surface area contributed by atoms with Crippen LogP contribution in [0.15, 0.2) is 17.5 Å². The summed E-state index contributed by atoms with van der Waals surface area (Å²) in [5, 5.41) is 5.28. The highest BCUT2D eigenvalue weighted by Gasteiger charge is 2.46. The topological polar surface area (TPSA) is 55.9 Å². The van der Waals surface area contributed by atoms with Gasteiger partial charge in [0.05, 0.1) is 4.88 Å². The summed E-state index contributed by atoms with van der Waals surface area (Å²) in [4.78, 5) is 34.2. The monoisotopic (exact) mass is 444 g/mol. The first kappa shape index (κ1) is 21.4. The number of nitrogens with zero attached hydrogens (tertiary/aromatic N) is 3. The molecule has 2 aliphatic heterocycles. The number of piperazine rings is 1. The molecule has 0 spiro atoms. The van der Waals surface area contributed by atoms with Crippen LogP contribution in [0.1, 0.15) is 61.0 Å². The van der Waals surface area contributed by atoms with E-state index in [1.54, 1.807) is 0 Å². The Balaban J connectivity index is 1.34. The van der Waals surface area contributed by atoms with Crippen molar-refractivity contribution in [3.63, 3.8) is 0 Å². The second-order valence-corrected chi connectivity index (χ2v) is 10.8. The quantitative estimate of drug-likeness (QED) is 0.733. The van der Waals surface area contributed by atoms with Crippen LogP contribution in [0.2, 0.25) is 0 Å². The van der Waals surface area contributed by atoms with Crippen LogP contribution < -0.4 is 5.32 Å². The van der Waals surface area contributed by atoms with Crippen LogP contribution in [0.5, 0.6) is 0 Å². The van der Waals surface area contributed by atoms with Crippen LogP contribution in [-0.4, -0.2) is 83.9 Å². The van der Waals surface area contributed by atoms with E-state index in [4.69, 9.17) is 0 Å². The summed E-state index contributed by atoms with van der Waals surface area (Å²) >= 11 is 1.48. The van der Waals surface area contributed by atoms with Gasteiger partial charge in [0.15, 0.2) is 0 Å². The van der Waals surface area contributed by atoms with Crippen molar-refractivity contribution in [3.8, 4) is 0 Å². The van der Waals surface area contributed by atoms with Crippen molar-refractivity contribution in [1.82, 2.24) is 20.0 Å². The zero-order valence-corrected chi connectivity index (χ0v) is 19.3. The van der Waals surface area contributed by atoms with E-state index >= 15 is 0 Å². The van der Waals surface area contributed by atoms with Gasteiger partial charge < -0.3 is 15.1 Å². The fourth-order valence-electron chi connectivity index (χ4n) is 5.82. The SMILES string of the molecule is O=C(C1CC(N(CC2CCCCC2)C2CC2)CN1C(=O)c1cccs1)N1CCNCC1. The van der Waals surface area contributed by atoms with Gasteiger partial charge in [-0.3, -0.25) is 14.5 Å². The third-order valence-electron chi connectivity index (χ3n) is 7.66. The van der Waals surface area contributed by atoms with E-state index in [0.717, 1.165) is 49.9 Å². The van der Waals surface area contributed by atoms with Gasteiger partial charge in [-0.2, -0.15) is 0 Å². The Morgan fingerprint density at radius 3 is 2.52 bits per heavy atom. The predicted molar refractivity (Wildman–Crippen MR) is 123 cm³/mol. The van der Waals surface area contributed by atoms with E-state index in [1.165, 1.54) is 56.3 Å². The molecule has 2 amide bonds. The van der Waals surface area contributed by atoms with Crippen LogP contribution in [0.25, 0.3) is 0 Å². The van der Waals surface area contributed by atoms with E-state index in [1.807, 2.05) is 27.3 Å². The molecule has 0 bridgehead atoms. The minimum Gasteiger partial charge on any atom is -0.338 e. The van der Waals surface area contributed by atoms with Gasteiger partial charge in [-0.1, -0.05) is 25.3 Å². The zero-order chi connectivity index (χ0) is 21.2. The minimum atomic E-state index is -0.315. The number of hydrogen-bond acceptors (Lipinski definition) is 5. The maximum atomic E-state index is 13.5. The summed E-state index contributed by atoms with van der Waals surface area (Å²) in [6, 6.07) is 4.49. The lowest BCUT2D eigenvalue weighted by Crippen LogP contribution is -2.53. The molecule has 0 aromatic carbocycles. The summed E-state index contributed by atoms with van der Waals surface area (Å²) in [7, 11) is 0. The molecule has 170 valence electrons. The molecule has 31 heavy (non-hydrogen) atoms. The number of rotatable bonds is 6. The van der Waals surface area contributed by atoms with Crippen LogP contribution >= 0.6 is 11.3 Å². The van der Waals surface area contributed by atoms with Crippen molar-refractivity contribution in [2.45, 2.75) is 69.5 Å². The number of amides is 2. The fraction of sp³-hybridized carbons (Fsp3) is 0.750. The molecule has 1 aromatic rings. The highest BCUT2D eigenvalue weighted by Crippen LogP contribution is 2.37. The second-order valence-electron chi connectivity index (χ2n) is 9.85. The number of hydrogen-bond donors (Lipinski definition) is 1. The Morgan fingerprint density at radius 2 is 1.84 bits per heavy atom. The molecular formula is C24H36N4O2S. The Hall–Kier alpha value is -1.44. The second kappa shape index (κ2) is 9.59. The van der Waals surface area contributed by atoms with Crippen molar-refractivity contribution in [1.29, 1.82) is 0 Å². The maximum Gasteiger partial charge on any atom is 0.264 e. The fourth-order valence-corrected chi connectivity index (χ4v) is 6.50. The molecular weight excluding hydrogens is 408 g/mol. The first-order valence-electron chi connectivity index (χ1n) is 12.3. The Kier molecular flexibility index (Phi) is 6.62. The molecule has 1 aromatic heterocycles. The third kappa shape index (κ3) is 4.83. The van der Waals surface area contributed by atoms with Crippen molar-refractivity contribution >= 4 is 23.2 Å². The van der Waals surface area contributed by atoms with E-state index in [2.05, 4.69) is 10.2 Å². The molecule has 7 heteroatoms. The van der Waals surface area contributed by atoms with Crippen LogP contribution in [0.4, 0.5) is 0 Å². The number of thiophene rings is 1. The molecule has 5 rings (SSSR count). The number of carbonyl (C=O) groups excluding carboxylic acids is 2. The maximum absolute atomic E-state index is 13.5. The van der Waals surface area contributed by atoms with Gasteiger partial charge in [-0.15, -0.1) is 11.3 Å². The van der Waals surface area contributed by atoms with Crippen molar-refractivity contribution in [2.24, 2.45) is 5.92 Å². The number of carbonyl (C=O) groups is 2. The largest absolute Gasteiger partial charge is 0.338 e. The standard InChI is InChI=1S/C24H36N4O2S/c29-23(26-12-10-25-11-13-26)21-15-20(17-28(21)24(30)22-7-4-14-31-22)27(19-8-9-19)16-18-5-2-1-3-6-18/h4,7,14,18-21,25H,1-3,5-6,8-13,15-17H2. The van der Waals surface area contributed by atoms with E-state index in [-0.39, 0.29) is 17.9 Å². The molecule has 2 atom stereocenters. The van der Waals surface area contributed by atoms with Gasteiger partial charge in [0.2, 0.25) is 5.91 Å². The third-order valence-corrected chi connectivity index (χ3v) is 8.52. The lowest BCUT2D eigenvalue weighted by molar-refractivity contribution is -0.135. The molecule has 0 radical (unpaired) electrons. The summed E-state index contributed by atoms with van der Waals surface area (Å²) in [5.41, 5.74) is 0. The molecule has 4 fully saturated rings. The molecule has 2 saturated heterocycles. The summed E-state index contributed by atoms with van der Waals surface area (Å²) in [6.07, 6.45) is 10.1. The molecule has 2 saturated carbocycles. The Labute approximate surface area is 189 Å². The first-order chi connectivity index (χ1) is 15.2. The highest BCUT2D eigenvalue weighted by molar-refractivity contribution is 7.12. The summed E-state index contributed by atoms with van der Waals surface area (Å²) < 4.78 is 0. The number of likely N-dealkylation sites (tertiary alicyclic amines) is 1. The van der Waals surface area contributed by atoms with Gasteiger partial charge in [0.1, 0.15) is 6.04 Å². The van der Waals surface area contributed by atoms with Gasteiger partial charge in [-0.05, 0) is 49.5 Å². The Morgan fingerprint density at radius 1 is 1.06 bits per heavy atom. The minimum absolute atomic E-state index is 0.0411. The van der Waals surface area contributed by atoms with Crippen molar-refractivity contribution < 1.29 is 9.59 Å². The highest BCUT2D eigenvalue weighted by atomic mass is 32.1. The molecule has 1 N–H and O–H groups in total. The van der Waals surface area contributed by atoms with Crippen molar-refractivity contribution in [2.75, 3.05) is 39.3 Å². The normalized spacial score (nSPS) is 27.8. The van der Waals surface area contributed by atoms with Gasteiger partial charge in [0, 0.05) is 51.4 Å². The molecule has 4 aliphatic rings. The van der Waals surface area contributed by atoms with Crippen molar-refractivity contribution in [3.05, 3.63) is 22.4 Å². The van der Waals surface area contributed by atoms with Crippen LogP contribution in [0, 0.1) is 5.92 Å². The van der Waals surface area contributed by atoms with Crippen LogP contribution in [0.3, 0.4) is 0 Å².